The number of benzene rings is 2. The number of halogens is 2. The number of piperazine rings is 1. The molecule has 4 aromatic rings. The molecule has 0 radical (unpaired) electrons. The van der Waals surface area contributed by atoms with E-state index in [1.54, 1.807) is 24.2 Å². The van der Waals surface area contributed by atoms with Crippen LogP contribution in [-0.2, 0) is 0 Å². The standard InChI is InChI=1S/C26H29ClFN7S/c1-17(2)36-32-19-5-4-6-20(13-19)35-8-7-18-16-29-26(31-25(18)35)30-23-15-22(28)24(14-21(23)27)34-11-9-33(3)10-12-34/h4-8,13-17,32H,9-12H2,1-3H3,(H,29,30,31). The summed E-state index contributed by atoms with van der Waals surface area (Å²) in [5.74, 6) is 0.0280. The summed E-state index contributed by atoms with van der Waals surface area (Å²) in [5.41, 5.74) is 3.69. The van der Waals surface area contributed by atoms with Crippen LogP contribution in [0.2, 0.25) is 5.02 Å². The predicted octanol–water partition coefficient (Wildman–Crippen LogP) is 6.18. The summed E-state index contributed by atoms with van der Waals surface area (Å²) in [6.45, 7) is 7.59. The van der Waals surface area contributed by atoms with Crippen LogP contribution < -0.4 is 14.9 Å². The SMILES string of the molecule is CC(C)SNc1cccc(-n2ccc3cnc(Nc4cc(F)c(N5CCN(C)CC5)cc4Cl)nc32)c1. The van der Waals surface area contributed by atoms with E-state index in [9.17, 15) is 0 Å². The Morgan fingerprint density at radius 2 is 1.89 bits per heavy atom. The quantitative estimate of drug-likeness (QED) is 0.279. The molecule has 1 fully saturated rings. The summed E-state index contributed by atoms with van der Waals surface area (Å²) in [5, 5.41) is 4.90. The molecule has 36 heavy (non-hydrogen) atoms. The van der Waals surface area contributed by atoms with Crippen LogP contribution in [0, 0.1) is 5.82 Å². The number of nitrogens with zero attached hydrogens (tertiary/aromatic N) is 5. The van der Waals surface area contributed by atoms with Gasteiger partial charge in [0.25, 0.3) is 0 Å². The molecular formula is C26H29ClFN7S. The highest BCUT2D eigenvalue weighted by Crippen LogP contribution is 2.33. The van der Waals surface area contributed by atoms with E-state index in [1.807, 2.05) is 39.9 Å². The number of hydrogen-bond donors (Lipinski definition) is 2. The van der Waals surface area contributed by atoms with Crippen molar-refractivity contribution in [2.24, 2.45) is 0 Å². The summed E-state index contributed by atoms with van der Waals surface area (Å²) in [6.07, 6.45) is 3.72. The molecule has 10 heteroatoms. The molecule has 2 aromatic carbocycles. The van der Waals surface area contributed by atoms with E-state index in [-0.39, 0.29) is 5.82 Å². The normalized spacial score (nSPS) is 14.6. The lowest BCUT2D eigenvalue weighted by atomic mass is 10.2. The molecule has 0 spiro atoms. The Kier molecular flexibility index (Phi) is 7.22. The molecule has 2 N–H and O–H groups in total. The fraction of sp³-hybridized carbons (Fsp3) is 0.308. The van der Waals surface area contributed by atoms with Gasteiger partial charge in [0.05, 0.1) is 16.4 Å². The van der Waals surface area contributed by atoms with Gasteiger partial charge >= 0.3 is 0 Å². The highest BCUT2D eigenvalue weighted by molar-refractivity contribution is 8.01. The van der Waals surface area contributed by atoms with Crippen molar-refractivity contribution < 1.29 is 4.39 Å². The Morgan fingerprint density at radius 1 is 1.08 bits per heavy atom. The molecule has 1 aliphatic rings. The Labute approximate surface area is 219 Å². The van der Waals surface area contributed by atoms with Crippen LogP contribution in [0.1, 0.15) is 13.8 Å². The predicted molar refractivity (Wildman–Crippen MR) is 150 cm³/mol. The average molecular weight is 526 g/mol. The summed E-state index contributed by atoms with van der Waals surface area (Å²) in [4.78, 5) is 13.4. The maximum atomic E-state index is 15.0. The minimum absolute atomic E-state index is 0.320. The van der Waals surface area contributed by atoms with Crippen molar-refractivity contribution in [2.45, 2.75) is 19.1 Å². The van der Waals surface area contributed by atoms with E-state index in [2.05, 4.69) is 46.9 Å². The molecule has 0 unspecified atom stereocenters. The number of fused-ring (bicyclic) bond motifs is 1. The third-order valence-electron chi connectivity index (χ3n) is 6.09. The second kappa shape index (κ2) is 10.5. The van der Waals surface area contributed by atoms with E-state index < -0.39 is 0 Å². The van der Waals surface area contributed by atoms with Gasteiger partial charge in [0.15, 0.2) is 0 Å². The molecule has 1 saturated heterocycles. The molecule has 7 nitrogen and oxygen atoms in total. The molecule has 0 saturated carbocycles. The Balaban J connectivity index is 1.40. The molecule has 1 aliphatic heterocycles. The van der Waals surface area contributed by atoms with Gasteiger partial charge in [-0.2, -0.15) is 4.98 Å². The van der Waals surface area contributed by atoms with Gasteiger partial charge in [-0.25, -0.2) is 9.37 Å². The molecule has 0 amide bonds. The highest BCUT2D eigenvalue weighted by Gasteiger charge is 2.19. The average Bonchev–Trinajstić information content (AvgIpc) is 3.29. The van der Waals surface area contributed by atoms with Crippen LogP contribution in [0.15, 0.2) is 54.9 Å². The first-order valence-corrected chi connectivity index (χ1v) is 13.2. The van der Waals surface area contributed by atoms with Gasteiger partial charge in [-0.05, 0) is 49.3 Å². The largest absolute Gasteiger partial charge is 0.367 e. The molecule has 5 rings (SSSR count). The van der Waals surface area contributed by atoms with Gasteiger partial charge in [0, 0.05) is 66.7 Å². The van der Waals surface area contributed by atoms with Crippen LogP contribution in [0.5, 0.6) is 0 Å². The first-order chi connectivity index (χ1) is 17.4. The van der Waals surface area contributed by atoms with Gasteiger partial charge < -0.3 is 24.4 Å². The van der Waals surface area contributed by atoms with Crippen LogP contribution in [-0.4, -0.2) is 57.9 Å². The fourth-order valence-electron chi connectivity index (χ4n) is 4.13. The first-order valence-electron chi connectivity index (χ1n) is 11.9. The zero-order valence-electron chi connectivity index (χ0n) is 20.5. The fourth-order valence-corrected chi connectivity index (χ4v) is 4.84. The molecule has 3 heterocycles. The van der Waals surface area contributed by atoms with E-state index in [0.29, 0.717) is 27.6 Å². The molecule has 0 aliphatic carbocycles. The van der Waals surface area contributed by atoms with Gasteiger partial charge in [-0.3, -0.25) is 0 Å². The van der Waals surface area contributed by atoms with Crippen LogP contribution >= 0.6 is 23.5 Å². The van der Waals surface area contributed by atoms with Gasteiger partial charge in [-0.1, -0.05) is 31.5 Å². The van der Waals surface area contributed by atoms with Crippen molar-refractivity contribution in [3.63, 3.8) is 0 Å². The van der Waals surface area contributed by atoms with Crippen LogP contribution in [0.3, 0.4) is 0 Å². The molecule has 0 bridgehead atoms. The minimum Gasteiger partial charge on any atom is -0.367 e. The molecule has 0 atom stereocenters. The monoisotopic (exact) mass is 525 g/mol. The third kappa shape index (κ3) is 5.38. The number of aromatic nitrogens is 3. The Hall–Kier alpha value is -3.01. The van der Waals surface area contributed by atoms with E-state index in [0.717, 1.165) is 48.6 Å². The van der Waals surface area contributed by atoms with Crippen LogP contribution in [0.4, 0.5) is 27.4 Å². The summed E-state index contributed by atoms with van der Waals surface area (Å²) in [6, 6.07) is 13.2. The molecular weight excluding hydrogens is 497 g/mol. The summed E-state index contributed by atoms with van der Waals surface area (Å²) in [7, 11) is 2.07. The van der Waals surface area contributed by atoms with E-state index in [4.69, 9.17) is 16.6 Å². The van der Waals surface area contributed by atoms with Crippen molar-refractivity contribution in [1.82, 2.24) is 19.4 Å². The van der Waals surface area contributed by atoms with Crippen molar-refractivity contribution in [3.05, 3.63) is 65.7 Å². The number of nitrogens with one attached hydrogen (secondary N) is 2. The smallest absolute Gasteiger partial charge is 0.229 e. The van der Waals surface area contributed by atoms with E-state index >= 15 is 4.39 Å². The number of anilines is 4. The Bertz CT molecular complexity index is 1370. The molecule has 188 valence electrons. The van der Waals surface area contributed by atoms with Crippen molar-refractivity contribution in [3.8, 4) is 5.69 Å². The lowest BCUT2D eigenvalue weighted by Crippen LogP contribution is -2.44. The van der Waals surface area contributed by atoms with Gasteiger partial charge in [0.1, 0.15) is 11.5 Å². The van der Waals surface area contributed by atoms with Gasteiger partial charge in [0.2, 0.25) is 5.95 Å². The maximum absolute atomic E-state index is 15.0. The third-order valence-corrected chi connectivity index (χ3v) is 7.23. The second-order valence-electron chi connectivity index (χ2n) is 9.18. The second-order valence-corrected chi connectivity index (χ2v) is 11.0. The lowest BCUT2D eigenvalue weighted by molar-refractivity contribution is 0.311. The van der Waals surface area contributed by atoms with Crippen molar-refractivity contribution >= 4 is 57.6 Å². The zero-order chi connectivity index (χ0) is 25.2. The number of rotatable bonds is 7. The first kappa shape index (κ1) is 24.7. The van der Waals surface area contributed by atoms with E-state index in [1.165, 1.54) is 6.07 Å². The zero-order valence-corrected chi connectivity index (χ0v) is 22.1. The van der Waals surface area contributed by atoms with Gasteiger partial charge in [-0.15, -0.1) is 0 Å². The summed E-state index contributed by atoms with van der Waals surface area (Å²) >= 11 is 8.22. The topological polar surface area (TPSA) is 61.3 Å². The number of likely N-dealkylation sites (N-methyl/N-ethyl adjacent to an activating group) is 1. The van der Waals surface area contributed by atoms with Crippen molar-refractivity contribution in [2.75, 3.05) is 48.2 Å². The highest BCUT2D eigenvalue weighted by atomic mass is 35.5. The van der Waals surface area contributed by atoms with Crippen LogP contribution in [0.25, 0.3) is 16.7 Å². The maximum Gasteiger partial charge on any atom is 0.229 e. The Morgan fingerprint density at radius 3 is 2.67 bits per heavy atom. The lowest BCUT2D eigenvalue weighted by Gasteiger charge is -2.34. The van der Waals surface area contributed by atoms with Crippen molar-refractivity contribution in [1.29, 1.82) is 0 Å². The number of hydrogen-bond acceptors (Lipinski definition) is 7. The minimum atomic E-state index is -0.320. The molecule has 2 aromatic heterocycles. The summed E-state index contributed by atoms with van der Waals surface area (Å²) < 4.78 is 20.4.